The second kappa shape index (κ2) is 5.92. The molecule has 0 nitrogen and oxygen atoms in total. The van der Waals surface area contributed by atoms with Crippen LogP contribution in [0.4, 0.5) is 0 Å². The minimum atomic E-state index is 1.04. The molecule has 12 saturated carbocycles. The van der Waals surface area contributed by atoms with Crippen molar-refractivity contribution in [3.8, 4) is 0 Å². The molecule has 0 N–H and O–H groups in total. The van der Waals surface area contributed by atoms with E-state index in [4.69, 9.17) is 0 Å². The first kappa shape index (κ1) is 21.7. The van der Waals surface area contributed by atoms with E-state index in [1.165, 1.54) is 107 Å². The highest BCUT2D eigenvalue weighted by molar-refractivity contribution is 5.35. The lowest BCUT2D eigenvalue weighted by atomic mass is 9.12. The van der Waals surface area contributed by atoms with Gasteiger partial charge in [-0.15, -0.1) is 0 Å². The van der Waals surface area contributed by atoms with E-state index in [0.717, 1.165) is 71.0 Å². The molecule has 12 aliphatic carbocycles. The average Bonchev–Trinajstić information content (AvgIpc) is 2.86. The van der Waals surface area contributed by atoms with Crippen molar-refractivity contribution in [2.75, 3.05) is 0 Å². The summed E-state index contributed by atoms with van der Waals surface area (Å²) in [6.07, 6.45) is 0. The number of fused-ring (bicyclic) bond motifs is 21. The van der Waals surface area contributed by atoms with Crippen molar-refractivity contribution in [3.63, 3.8) is 0 Å². The Morgan fingerprint density at radius 1 is 0.132 bits per heavy atom. The number of hydrogen-bond acceptors (Lipinski definition) is 0. The van der Waals surface area contributed by atoms with Gasteiger partial charge in [0.1, 0.15) is 0 Å². The van der Waals surface area contributed by atoms with Crippen LogP contribution in [0.15, 0.2) is 0 Å². The summed E-state index contributed by atoms with van der Waals surface area (Å²) in [5, 5.41) is 0. The first-order valence-corrected chi connectivity index (χ1v) is 18.3. The van der Waals surface area contributed by atoms with E-state index in [0.29, 0.717) is 0 Å². The van der Waals surface area contributed by atoms with Crippen molar-refractivity contribution in [2.24, 2.45) is 178 Å². The Balaban J connectivity index is 0.879. The van der Waals surface area contributed by atoms with Gasteiger partial charge < -0.3 is 0 Å². The lowest BCUT2D eigenvalue weighted by molar-refractivity contribution is -0.454. The van der Waals surface area contributed by atoms with E-state index in [2.05, 4.69) is 55.4 Å². The maximum absolute atomic E-state index is 2.80. The Labute approximate surface area is 232 Å². The molecule has 0 aromatic rings. The fourth-order valence-corrected chi connectivity index (χ4v) is 19.7. The Morgan fingerprint density at radius 3 is 0.500 bits per heavy atom. The van der Waals surface area contributed by atoms with Crippen LogP contribution in [0.5, 0.6) is 0 Å². The van der Waals surface area contributed by atoms with Crippen molar-refractivity contribution in [2.45, 2.75) is 55.4 Å². The third-order valence-electron chi connectivity index (χ3n) is 21.0. The fraction of sp³-hybridized carbons (Fsp3) is 1.00. The predicted molar refractivity (Wildman–Crippen MR) is 150 cm³/mol. The molecule has 30 atom stereocenters. The first-order valence-electron chi connectivity index (χ1n) is 18.3. The second-order valence-electron chi connectivity index (χ2n) is 19.6. The summed E-state index contributed by atoms with van der Waals surface area (Å²) in [5.74, 6) is 34.6. The van der Waals surface area contributed by atoms with Crippen LogP contribution in [-0.2, 0) is 0 Å². The third-order valence-corrected chi connectivity index (χ3v) is 21.0. The minimum Gasteiger partial charge on any atom is -0.0620 e. The highest BCUT2D eigenvalue weighted by Gasteiger charge is 2.88. The Bertz CT molecular complexity index is 1160. The van der Waals surface area contributed by atoms with E-state index in [9.17, 15) is 0 Å². The zero-order valence-electron chi connectivity index (χ0n) is 25.3. The third kappa shape index (κ3) is 1.64. The van der Waals surface area contributed by atoms with Gasteiger partial charge in [0.05, 0.1) is 0 Å². The molecule has 38 heavy (non-hydrogen) atoms. The monoisotopic (exact) mass is 510 g/mol. The summed E-state index contributed by atoms with van der Waals surface area (Å²) in [4.78, 5) is 0. The molecular formula is C38H54. The molecule has 0 aliphatic heterocycles. The number of hydrogen-bond donors (Lipinski definition) is 0. The van der Waals surface area contributed by atoms with Gasteiger partial charge in [0.15, 0.2) is 0 Å². The van der Waals surface area contributed by atoms with Crippen molar-refractivity contribution in [3.05, 3.63) is 0 Å². The quantitative estimate of drug-likeness (QED) is 0.333. The summed E-state index contributed by atoms with van der Waals surface area (Å²) >= 11 is 0. The fourth-order valence-electron chi connectivity index (χ4n) is 19.7. The van der Waals surface area contributed by atoms with Crippen molar-refractivity contribution < 1.29 is 0 Å². The molecule has 206 valence electrons. The van der Waals surface area contributed by atoms with Gasteiger partial charge in [-0.1, -0.05) is 55.4 Å². The molecule has 0 radical (unpaired) electrons. The maximum atomic E-state index is 2.80. The van der Waals surface area contributed by atoms with Crippen molar-refractivity contribution in [1.82, 2.24) is 0 Å². The SMILES string of the molecule is CC1C(C)C2C1C1C2C2C1C1C(C)C(C3C4C5C6C(C)C(C)C6C5C4[C@H]3C3C4C5C(C)C(C)C5C4[C@@H]3C)C12. The largest absolute Gasteiger partial charge is 0.0620 e. The van der Waals surface area contributed by atoms with Gasteiger partial charge in [0, 0.05) is 0 Å². The zero-order valence-corrected chi connectivity index (χ0v) is 25.3. The van der Waals surface area contributed by atoms with Crippen LogP contribution < -0.4 is 0 Å². The summed E-state index contributed by atoms with van der Waals surface area (Å²) in [6, 6.07) is 0. The van der Waals surface area contributed by atoms with Gasteiger partial charge in [-0.3, -0.25) is 0 Å². The Morgan fingerprint density at radius 2 is 0.237 bits per heavy atom. The van der Waals surface area contributed by atoms with E-state index >= 15 is 0 Å². The molecule has 0 amide bonds. The lowest BCUT2D eigenvalue weighted by Crippen LogP contribution is -2.89. The van der Waals surface area contributed by atoms with Crippen LogP contribution in [-0.4, -0.2) is 0 Å². The standard InChI is InChI=1S/C38H54/c1-9-10(2)18-17(9)23-15(7)24(27(18)23)33-35(38-32-22-14(6)13(5)21(22)31(32)37(33)38)26-16(8)25-28(26)36-30-20-12(4)11(3)19(20)29(30)34(25)36/h9-38H,1-8H3/t9?,10?,11?,12?,13?,14?,15-,16?,17?,18?,19?,20?,21?,22?,23?,24?,25?,26?,27?,28?,29?,30?,31?,32?,33-,34?,35?,36?,37?,38?/m0/s1. The van der Waals surface area contributed by atoms with Gasteiger partial charge in [-0.25, -0.2) is 0 Å². The van der Waals surface area contributed by atoms with E-state index in [1.54, 1.807) is 0 Å². The van der Waals surface area contributed by atoms with Gasteiger partial charge in [0.2, 0.25) is 0 Å². The molecule has 12 rings (SSSR count). The molecule has 0 heteroatoms. The average molecular weight is 511 g/mol. The van der Waals surface area contributed by atoms with Crippen molar-refractivity contribution in [1.29, 1.82) is 0 Å². The summed E-state index contributed by atoms with van der Waals surface area (Å²) in [6.45, 7) is 21.4. The molecule has 0 bridgehead atoms. The molecular weight excluding hydrogens is 456 g/mol. The Hall–Kier alpha value is 0. The van der Waals surface area contributed by atoms with Gasteiger partial charge >= 0.3 is 0 Å². The molecule has 12 fully saturated rings. The van der Waals surface area contributed by atoms with Crippen molar-refractivity contribution >= 4 is 0 Å². The maximum Gasteiger partial charge on any atom is -0.0312 e. The lowest BCUT2D eigenvalue weighted by Gasteiger charge is -2.92. The molecule has 0 saturated heterocycles. The van der Waals surface area contributed by atoms with Crippen LogP contribution in [0.2, 0.25) is 0 Å². The summed E-state index contributed by atoms with van der Waals surface area (Å²) in [7, 11) is 0. The predicted octanol–water partition coefficient (Wildman–Crippen LogP) is 7.79. The van der Waals surface area contributed by atoms with E-state index in [-0.39, 0.29) is 0 Å². The topological polar surface area (TPSA) is 0 Å². The molecule has 0 aromatic heterocycles. The molecule has 28 unspecified atom stereocenters. The minimum absolute atomic E-state index is 1.04. The zero-order chi connectivity index (χ0) is 25.3. The van der Waals surface area contributed by atoms with Crippen LogP contribution in [0, 0.1) is 178 Å². The molecule has 0 heterocycles. The molecule has 12 aliphatic rings. The summed E-state index contributed by atoms with van der Waals surface area (Å²) < 4.78 is 0. The smallest absolute Gasteiger partial charge is 0.0312 e. The van der Waals surface area contributed by atoms with Gasteiger partial charge in [0.25, 0.3) is 0 Å². The summed E-state index contributed by atoms with van der Waals surface area (Å²) in [5.41, 5.74) is 0. The normalized spacial score (nSPS) is 85.9. The van der Waals surface area contributed by atoms with E-state index in [1.807, 2.05) is 0 Å². The highest BCUT2D eigenvalue weighted by Crippen LogP contribution is 2.92. The molecule has 0 spiro atoms. The highest BCUT2D eigenvalue weighted by atomic mass is 14.9. The number of rotatable bonds is 2. The van der Waals surface area contributed by atoms with E-state index < -0.39 is 0 Å². The van der Waals surface area contributed by atoms with Gasteiger partial charge in [-0.05, 0) is 178 Å². The Kier molecular flexibility index (Phi) is 3.38. The first-order chi connectivity index (χ1) is 18.3. The van der Waals surface area contributed by atoms with Crippen LogP contribution in [0.25, 0.3) is 0 Å². The van der Waals surface area contributed by atoms with Gasteiger partial charge in [-0.2, -0.15) is 0 Å². The van der Waals surface area contributed by atoms with Crippen LogP contribution in [0.3, 0.4) is 0 Å². The van der Waals surface area contributed by atoms with Crippen LogP contribution >= 0.6 is 0 Å². The second-order valence-corrected chi connectivity index (χ2v) is 19.6. The molecule has 0 aromatic carbocycles. The van der Waals surface area contributed by atoms with Crippen LogP contribution in [0.1, 0.15) is 55.4 Å².